The lowest BCUT2D eigenvalue weighted by Crippen LogP contribution is -2.06. The van der Waals surface area contributed by atoms with Crippen LogP contribution in [0.4, 0.5) is 0 Å². The summed E-state index contributed by atoms with van der Waals surface area (Å²) >= 11 is 0. The molecule has 0 aliphatic heterocycles. The summed E-state index contributed by atoms with van der Waals surface area (Å²) in [6.07, 6.45) is 6.89. The van der Waals surface area contributed by atoms with E-state index in [1.165, 1.54) is 0 Å². The fraction of sp³-hybridized carbons (Fsp3) is 0.267. The number of hydrogen-bond donors (Lipinski definition) is 0. The summed E-state index contributed by atoms with van der Waals surface area (Å²) in [5.74, 6) is 1.73. The Hall–Kier alpha value is -1.83. The van der Waals surface area contributed by atoms with Crippen molar-refractivity contribution in [3.8, 4) is 5.75 Å². The molecule has 0 amide bonds. The fourth-order valence-corrected chi connectivity index (χ4v) is 1.81. The number of carbonyl (C=O) groups is 1. The van der Waals surface area contributed by atoms with E-state index < -0.39 is 0 Å². The molecular formula is C15H16O2. The van der Waals surface area contributed by atoms with Gasteiger partial charge in [-0.3, -0.25) is 0 Å². The van der Waals surface area contributed by atoms with Gasteiger partial charge in [0.2, 0.25) is 0 Å². The van der Waals surface area contributed by atoms with Crippen molar-refractivity contribution >= 4 is 6.29 Å². The highest BCUT2D eigenvalue weighted by Crippen LogP contribution is 2.24. The highest BCUT2D eigenvalue weighted by atomic mass is 16.5. The van der Waals surface area contributed by atoms with Gasteiger partial charge in [-0.15, -0.1) is 0 Å². The van der Waals surface area contributed by atoms with Crippen LogP contribution in [0.15, 0.2) is 53.8 Å². The van der Waals surface area contributed by atoms with Gasteiger partial charge in [0.15, 0.2) is 0 Å². The number of aldehydes is 1. The molecule has 0 heterocycles. The second-order valence-corrected chi connectivity index (χ2v) is 4.19. The van der Waals surface area contributed by atoms with E-state index in [0.29, 0.717) is 0 Å². The number of allylic oxidation sites excluding steroid dienone is 4. The minimum Gasteiger partial charge on any atom is -0.462 e. The molecule has 1 aromatic carbocycles. The van der Waals surface area contributed by atoms with E-state index in [1.54, 1.807) is 0 Å². The van der Waals surface area contributed by atoms with Gasteiger partial charge in [0.1, 0.15) is 17.8 Å². The van der Waals surface area contributed by atoms with Gasteiger partial charge < -0.3 is 9.53 Å². The first kappa shape index (κ1) is 11.6. The van der Waals surface area contributed by atoms with Crippen molar-refractivity contribution in [2.75, 3.05) is 0 Å². The predicted molar refractivity (Wildman–Crippen MR) is 67.7 cm³/mol. The molecule has 1 aromatic rings. The maximum atomic E-state index is 10.8. The van der Waals surface area contributed by atoms with Crippen LogP contribution in [-0.4, -0.2) is 6.29 Å². The smallest absolute Gasteiger partial charge is 0.127 e. The molecule has 2 rings (SSSR count). The highest BCUT2D eigenvalue weighted by molar-refractivity contribution is 5.60. The minimum absolute atomic E-state index is 0.0512. The van der Waals surface area contributed by atoms with Crippen LogP contribution in [-0.2, 0) is 4.79 Å². The Morgan fingerprint density at radius 1 is 1.29 bits per heavy atom. The molecule has 0 fully saturated rings. The average molecular weight is 228 g/mol. The molecule has 1 atom stereocenters. The van der Waals surface area contributed by atoms with Crippen molar-refractivity contribution in [2.45, 2.75) is 19.8 Å². The summed E-state index contributed by atoms with van der Waals surface area (Å²) in [6.45, 7) is 1.90. The van der Waals surface area contributed by atoms with Gasteiger partial charge in [-0.2, -0.15) is 0 Å². The predicted octanol–water partition coefficient (Wildman–Crippen LogP) is 3.50. The molecule has 2 nitrogen and oxygen atoms in total. The second-order valence-electron chi connectivity index (χ2n) is 4.19. The standard InChI is InChI=1S/C15H16O2/c1-12(11-16)13-6-5-9-15(10-13)17-14-7-3-2-4-8-14/h2-4,6-8,10-12H,5,9H2,1H3. The van der Waals surface area contributed by atoms with Crippen molar-refractivity contribution in [2.24, 2.45) is 5.92 Å². The van der Waals surface area contributed by atoms with Crippen molar-refractivity contribution in [1.29, 1.82) is 0 Å². The third-order valence-corrected chi connectivity index (χ3v) is 2.82. The average Bonchev–Trinajstić information content (AvgIpc) is 2.39. The van der Waals surface area contributed by atoms with Gasteiger partial charge in [-0.25, -0.2) is 0 Å². The van der Waals surface area contributed by atoms with Gasteiger partial charge in [0.05, 0.1) is 0 Å². The number of ether oxygens (including phenoxy) is 1. The molecule has 0 aromatic heterocycles. The van der Waals surface area contributed by atoms with Crippen LogP contribution in [0.5, 0.6) is 5.75 Å². The maximum absolute atomic E-state index is 10.8. The molecule has 0 saturated carbocycles. The van der Waals surface area contributed by atoms with Gasteiger partial charge in [-0.1, -0.05) is 31.2 Å². The van der Waals surface area contributed by atoms with Crippen molar-refractivity contribution < 1.29 is 9.53 Å². The summed E-state index contributed by atoms with van der Waals surface area (Å²) in [5, 5.41) is 0. The minimum atomic E-state index is -0.0512. The SMILES string of the molecule is CC(C=O)C1=CCCC(Oc2ccccc2)=C1. The molecule has 1 unspecified atom stereocenters. The van der Waals surface area contributed by atoms with E-state index in [0.717, 1.165) is 36.2 Å². The Morgan fingerprint density at radius 3 is 2.76 bits per heavy atom. The van der Waals surface area contributed by atoms with Crippen LogP contribution in [0, 0.1) is 5.92 Å². The first-order chi connectivity index (χ1) is 8.29. The largest absolute Gasteiger partial charge is 0.462 e. The first-order valence-corrected chi connectivity index (χ1v) is 5.88. The fourth-order valence-electron chi connectivity index (χ4n) is 1.81. The van der Waals surface area contributed by atoms with E-state index in [1.807, 2.05) is 43.3 Å². The topological polar surface area (TPSA) is 26.3 Å². The van der Waals surface area contributed by atoms with Crippen molar-refractivity contribution in [3.05, 3.63) is 53.8 Å². The van der Waals surface area contributed by atoms with E-state index in [2.05, 4.69) is 6.08 Å². The zero-order chi connectivity index (χ0) is 12.1. The number of hydrogen-bond acceptors (Lipinski definition) is 2. The van der Waals surface area contributed by atoms with Gasteiger partial charge in [0, 0.05) is 12.3 Å². The molecule has 0 spiro atoms. The summed E-state index contributed by atoms with van der Waals surface area (Å²) in [5.41, 5.74) is 1.05. The summed E-state index contributed by atoms with van der Waals surface area (Å²) in [6, 6.07) is 9.72. The summed E-state index contributed by atoms with van der Waals surface area (Å²) in [4.78, 5) is 10.8. The van der Waals surface area contributed by atoms with E-state index in [4.69, 9.17) is 4.74 Å². The molecular weight excluding hydrogens is 212 g/mol. The Bertz CT molecular complexity index is 443. The maximum Gasteiger partial charge on any atom is 0.127 e. The molecule has 1 aliphatic carbocycles. The third kappa shape index (κ3) is 3.06. The molecule has 1 aliphatic rings. The second kappa shape index (κ2) is 5.48. The van der Waals surface area contributed by atoms with Gasteiger partial charge >= 0.3 is 0 Å². The van der Waals surface area contributed by atoms with Crippen LogP contribution in [0.25, 0.3) is 0 Å². The first-order valence-electron chi connectivity index (χ1n) is 5.88. The molecule has 2 heteroatoms. The third-order valence-electron chi connectivity index (χ3n) is 2.82. The highest BCUT2D eigenvalue weighted by Gasteiger charge is 2.12. The number of rotatable bonds is 4. The lowest BCUT2D eigenvalue weighted by atomic mass is 9.96. The Kier molecular flexibility index (Phi) is 3.76. The Morgan fingerprint density at radius 2 is 2.06 bits per heavy atom. The Labute approximate surface area is 102 Å². The molecule has 88 valence electrons. The molecule has 17 heavy (non-hydrogen) atoms. The van der Waals surface area contributed by atoms with Crippen molar-refractivity contribution in [3.63, 3.8) is 0 Å². The van der Waals surface area contributed by atoms with Crippen molar-refractivity contribution in [1.82, 2.24) is 0 Å². The van der Waals surface area contributed by atoms with Crippen LogP contribution >= 0.6 is 0 Å². The van der Waals surface area contributed by atoms with Crippen LogP contribution in [0.3, 0.4) is 0 Å². The summed E-state index contributed by atoms with van der Waals surface area (Å²) < 4.78 is 5.78. The molecule has 0 bridgehead atoms. The lowest BCUT2D eigenvalue weighted by Gasteiger charge is -2.16. The molecule has 0 radical (unpaired) electrons. The van der Waals surface area contributed by atoms with E-state index in [9.17, 15) is 4.79 Å². The zero-order valence-electron chi connectivity index (χ0n) is 9.93. The number of carbonyl (C=O) groups excluding carboxylic acids is 1. The zero-order valence-corrected chi connectivity index (χ0v) is 9.93. The van der Waals surface area contributed by atoms with Gasteiger partial charge in [0.25, 0.3) is 0 Å². The molecule has 0 saturated heterocycles. The molecule has 0 N–H and O–H groups in total. The number of para-hydroxylation sites is 1. The van der Waals surface area contributed by atoms with E-state index >= 15 is 0 Å². The van der Waals surface area contributed by atoms with Gasteiger partial charge in [-0.05, 0) is 30.2 Å². The Balaban J connectivity index is 2.10. The van der Waals surface area contributed by atoms with Crippen LogP contribution in [0.2, 0.25) is 0 Å². The summed E-state index contributed by atoms with van der Waals surface area (Å²) in [7, 11) is 0. The lowest BCUT2D eigenvalue weighted by molar-refractivity contribution is -0.109. The monoisotopic (exact) mass is 228 g/mol. The van der Waals surface area contributed by atoms with E-state index in [-0.39, 0.29) is 5.92 Å². The quantitative estimate of drug-likeness (QED) is 0.737. The van der Waals surface area contributed by atoms with Crippen LogP contribution < -0.4 is 4.74 Å². The normalized spacial score (nSPS) is 16.8. The van der Waals surface area contributed by atoms with Crippen LogP contribution in [0.1, 0.15) is 19.8 Å². The number of benzene rings is 1.